The van der Waals surface area contributed by atoms with E-state index in [2.05, 4.69) is 16.8 Å². The normalized spacial score (nSPS) is 9.08. The van der Waals surface area contributed by atoms with Gasteiger partial charge in [0.1, 0.15) is 0 Å². The monoisotopic (exact) mass is 176 g/mol. The molecule has 0 saturated carbocycles. The number of aryl methyl sites for hydroxylation is 1. The van der Waals surface area contributed by atoms with Crippen LogP contribution >= 0.6 is 0 Å². The molecule has 0 aliphatic carbocycles. The van der Waals surface area contributed by atoms with Crippen LogP contribution in [0.5, 0.6) is 0 Å². The lowest BCUT2D eigenvalue weighted by atomic mass is 10.4. The van der Waals surface area contributed by atoms with Crippen molar-refractivity contribution in [3.8, 4) is 11.8 Å². The third kappa shape index (κ3) is 2.45. The summed E-state index contributed by atoms with van der Waals surface area (Å²) in [5.74, 6) is 5.72. The Morgan fingerprint density at radius 1 is 1.54 bits per heavy atom. The molecule has 0 aromatic carbocycles. The van der Waals surface area contributed by atoms with Gasteiger partial charge < -0.3 is 4.57 Å². The SMILES string of the molecule is CC#CCCn1c(C)cncc1=O. The van der Waals surface area contributed by atoms with Gasteiger partial charge in [0.2, 0.25) is 0 Å². The highest BCUT2D eigenvalue weighted by atomic mass is 16.1. The number of aromatic nitrogens is 2. The van der Waals surface area contributed by atoms with Gasteiger partial charge in [-0.1, -0.05) is 0 Å². The number of hydrogen-bond acceptors (Lipinski definition) is 2. The molecule has 3 nitrogen and oxygen atoms in total. The van der Waals surface area contributed by atoms with E-state index >= 15 is 0 Å². The Morgan fingerprint density at radius 2 is 2.31 bits per heavy atom. The van der Waals surface area contributed by atoms with Gasteiger partial charge in [0, 0.05) is 24.9 Å². The summed E-state index contributed by atoms with van der Waals surface area (Å²) in [6.07, 6.45) is 3.72. The van der Waals surface area contributed by atoms with Gasteiger partial charge in [-0.15, -0.1) is 11.8 Å². The first-order chi connectivity index (χ1) is 6.25. The standard InChI is InChI=1S/C10H12N2O/c1-3-4-5-6-12-9(2)7-11-8-10(12)13/h7-8H,5-6H2,1-2H3. The first kappa shape index (κ1) is 9.53. The molecule has 1 aromatic heterocycles. The summed E-state index contributed by atoms with van der Waals surface area (Å²) in [5, 5.41) is 0. The van der Waals surface area contributed by atoms with Crippen LogP contribution in [-0.2, 0) is 6.54 Å². The zero-order chi connectivity index (χ0) is 9.68. The Labute approximate surface area is 77.4 Å². The Morgan fingerprint density at radius 3 is 2.92 bits per heavy atom. The summed E-state index contributed by atoms with van der Waals surface area (Å²) in [6, 6.07) is 0. The molecule has 0 amide bonds. The van der Waals surface area contributed by atoms with Gasteiger partial charge in [0.25, 0.3) is 5.56 Å². The van der Waals surface area contributed by atoms with Crippen LogP contribution in [0.4, 0.5) is 0 Å². The molecule has 0 spiro atoms. The van der Waals surface area contributed by atoms with E-state index in [1.54, 1.807) is 17.7 Å². The van der Waals surface area contributed by atoms with E-state index in [4.69, 9.17) is 0 Å². The first-order valence-electron chi connectivity index (χ1n) is 4.16. The van der Waals surface area contributed by atoms with Crippen molar-refractivity contribution in [1.29, 1.82) is 0 Å². The van der Waals surface area contributed by atoms with Crippen molar-refractivity contribution in [2.45, 2.75) is 26.8 Å². The van der Waals surface area contributed by atoms with Crippen LogP contribution in [0.25, 0.3) is 0 Å². The predicted molar refractivity (Wildman–Crippen MR) is 51.3 cm³/mol. The van der Waals surface area contributed by atoms with Gasteiger partial charge in [-0.3, -0.25) is 9.78 Å². The van der Waals surface area contributed by atoms with Gasteiger partial charge in [-0.05, 0) is 13.8 Å². The zero-order valence-corrected chi connectivity index (χ0v) is 7.87. The smallest absolute Gasteiger partial charge is 0.269 e. The molecular formula is C10H12N2O. The van der Waals surface area contributed by atoms with Gasteiger partial charge >= 0.3 is 0 Å². The largest absolute Gasteiger partial charge is 0.309 e. The van der Waals surface area contributed by atoms with E-state index in [0.29, 0.717) is 13.0 Å². The zero-order valence-electron chi connectivity index (χ0n) is 7.87. The third-order valence-electron chi connectivity index (χ3n) is 1.78. The second-order valence-corrected chi connectivity index (χ2v) is 2.72. The molecule has 0 N–H and O–H groups in total. The van der Waals surface area contributed by atoms with Crippen LogP contribution in [-0.4, -0.2) is 9.55 Å². The molecule has 0 unspecified atom stereocenters. The fourth-order valence-electron chi connectivity index (χ4n) is 1.10. The molecular weight excluding hydrogens is 164 g/mol. The van der Waals surface area contributed by atoms with Crippen LogP contribution in [0.2, 0.25) is 0 Å². The molecule has 0 bridgehead atoms. The Hall–Kier alpha value is -1.56. The Bertz CT molecular complexity index is 395. The third-order valence-corrected chi connectivity index (χ3v) is 1.78. The molecule has 0 fully saturated rings. The summed E-state index contributed by atoms with van der Waals surface area (Å²) in [4.78, 5) is 15.1. The average Bonchev–Trinajstić information content (AvgIpc) is 2.10. The first-order valence-corrected chi connectivity index (χ1v) is 4.16. The van der Waals surface area contributed by atoms with E-state index in [0.717, 1.165) is 5.69 Å². The second-order valence-electron chi connectivity index (χ2n) is 2.72. The lowest BCUT2D eigenvalue weighted by Crippen LogP contribution is -2.21. The molecule has 1 aromatic rings. The van der Waals surface area contributed by atoms with E-state index in [9.17, 15) is 4.79 Å². The van der Waals surface area contributed by atoms with Gasteiger partial charge in [-0.2, -0.15) is 0 Å². The minimum atomic E-state index is -0.0575. The maximum absolute atomic E-state index is 11.3. The highest BCUT2D eigenvalue weighted by molar-refractivity contribution is 4.99. The fraction of sp³-hybridized carbons (Fsp3) is 0.400. The summed E-state index contributed by atoms with van der Waals surface area (Å²) in [6.45, 7) is 4.31. The van der Waals surface area contributed by atoms with Crippen molar-refractivity contribution in [3.05, 3.63) is 28.4 Å². The molecule has 0 aliphatic heterocycles. The highest BCUT2D eigenvalue weighted by Crippen LogP contribution is 1.92. The quantitative estimate of drug-likeness (QED) is 0.629. The lowest BCUT2D eigenvalue weighted by Gasteiger charge is -2.05. The minimum absolute atomic E-state index is 0.0575. The van der Waals surface area contributed by atoms with E-state index < -0.39 is 0 Å². The fourth-order valence-corrected chi connectivity index (χ4v) is 1.10. The predicted octanol–water partition coefficient (Wildman–Crippen LogP) is 0.965. The van der Waals surface area contributed by atoms with Gasteiger partial charge in [0.05, 0.1) is 6.20 Å². The Kier molecular flexibility index (Phi) is 3.27. The van der Waals surface area contributed by atoms with E-state index in [1.807, 2.05) is 6.92 Å². The van der Waals surface area contributed by atoms with Crippen LogP contribution in [0.15, 0.2) is 17.2 Å². The van der Waals surface area contributed by atoms with Crippen molar-refractivity contribution in [3.63, 3.8) is 0 Å². The highest BCUT2D eigenvalue weighted by Gasteiger charge is 1.97. The average molecular weight is 176 g/mol. The number of nitrogens with zero attached hydrogens (tertiary/aromatic N) is 2. The summed E-state index contributed by atoms with van der Waals surface area (Å²) >= 11 is 0. The van der Waals surface area contributed by atoms with E-state index in [-0.39, 0.29) is 5.56 Å². The minimum Gasteiger partial charge on any atom is -0.309 e. The molecule has 13 heavy (non-hydrogen) atoms. The van der Waals surface area contributed by atoms with Crippen LogP contribution < -0.4 is 5.56 Å². The topological polar surface area (TPSA) is 34.9 Å². The van der Waals surface area contributed by atoms with Crippen molar-refractivity contribution in [2.24, 2.45) is 0 Å². The molecule has 68 valence electrons. The molecule has 3 heteroatoms. The Balaban J connectivity index is 2.85. The van der Waals surface area contributed by atoms with Crippen molar-refractivity contribution >= 4 is 0 Å². The maximum Gasteiger partial charge on any atom is 0.269 e. The van der Waals surface area contributed by atoms with Crippen molar-refractivity contribution in [1.82, 2.24) is 9.55 Å². The van der Waals surface area contributed by atoms with Crippen molar-refractivity contribution < 1.29 is 0 Å². The number of hydrogen-bond donors (Lipinski definition) is 0. The second kappa shape index (κ2) is 4.46. The molecule has 0 radical (unpaired) electrons. The van der Waals surface area contributed by atoms with Crippen molar-refractivity contribution in [2.75, 3.05) is 0 Å². The number of rotatable bonds is 2. The summed E-state index contributed by atoms with van der Waals surface area (Å²) in [7, 11) is 0. The van der Waals surface area contributed by atoms with Crippen LogP contribution in [0.1, 0.15) is 19.0 Å². The lowest BCUT2D eigenvalue weighted by molar-refractivity contribution is 0.658. The molecule has 1 heterocycles. The summed E-state index contributed by atoms with van der Waals surface area (Å²) in [5.41, 5.74) is 0.823. The maximum atomic E-state index is 11.3. The molecule has 0 atom stereocenters. The molecule has 0 aliphatic rings. The van der Waals surface area contributed by atoms with Crippen LogP contribution in [0, 0.1) is 18.8 Å². The van der Waals surface area contributed by atoms with Gasteiger partial charge in [-0.25, -0.2) is 0 Å². The van der Waals surface area contributed by atoms with Gasteiger partial charge in [0.15, 0.2) is 0 Å². The summed E-state index contributed by atoms with van der Waals surface area (Å²) < 4.78 is 1.68. The molecule has 0 saturated heterocycles. The molecule has 1 rings (SSSR count). The van der Waals surface area contributed by atoms with Crippen LogP contribution in [0.3, 0.4) is 0 Å². The van der Waals surface area contributed by atoms with E-state index in [1.165, 1.54) is 6.20 Å².